The zero-order valence-electron chi connectivity index (χ0n) is 14.2. The average molecular weight is 356 g/mol. The summed E-state index contributed by atoms with van der Waals surface area (Å²) >= 11 is 0. The fourth-order valence-electron chi connectivity index (χ4n) is 2.99. The largest absolute Gasteiger partial charge is 0.364 e. The van der Waals surface area contributed by atoms with Gasteiger partial charge >= 0.3 is 0 Å². The van der Waals surface area contributed by atoms with Crippen LogP contribution in [0.2, 0.25) is 0 Å². The molecule has 0 aliphatic carbocycles. The van der Waals surface area contributed by atoms with E-state index in [-0.39, 0.29) is 11.9 Å². The van der Waals surface area contributed by atoms with Crippen molar-refractivity contribution in [1.82, 2.24) is 15.4 Å². The Morgan fingerprint density at radius 3 is 2.92 bits per heavy atom. The molecule has 3 rings (SSSR count). The monoisotopic (exact) mass is 356 g/mol. The van der Waals surface area contributed by atoms with E-state index in [1.54, 1.807) is 0 Å². The lowest BCUT2D eigenvalue weighted by molar-refractivity contribution is -0.124. The summed E-state index contributed by atoms with van der Waals surface area (Å²) in [7, 11) is 0. The molecule has 0 spiro atoms. The number of nitrogens with one attached hydrogen (secondary N) is 2. The highest BCUT2D eigenvalue weighted by Crippen LogP contribution is 2.19. The molecule has 6 nitrogen and oxygen atoms in total. The first-order chi connectivity index (χ1) is 12.6. The number of hydrogen-bond acceptors (Lipinski definition) is 5. The van der Waals surface area contributed by atoms with Gasteiger partial charge in [-0.25, -0.2) is 14.9 Å². The van der Waals surface area contributed by atoms with Gasteiger partial charge < -0.3 is 5.32 Å². The number of carbonyl (C=O) groups is 1. The number of hydroxylamine groups is 1. The standard InChI is InChI=1S/C19H21FN4O2/c20-17-10-15(6-7-18(25)23-26)11-21-19(17)22-16-8-9-24(13-16)12-14-4-2-1-3-5-14/h1-7,10-11,16,26H,8-9,12-13H2,(H,21,22)(H,23,25)/b7-6+/t16-/m1/s1. The van der Waals surface area contributed by atoms with Crippen LogP contribution < -0.4 is 10.8 Å². The molecule has 1 aliphatic heterocycles. The van der Waals surface area contributed by atoms with Gasteiger partial charge in [0.15, 0.2) is 11.6 Å². The Hall–Kier alpha value is -2.77. The lowest BCUT2D eigenvalue weighted by atomic mass is 10.2. The first-order valence-corrected chi connectivity index (χ1v) is 8.44. The molecular weight excluding hydrogens is 335 g/mol. The highest BCUT2D eigenvalue weighted by atomic mass is 19.1. The fourth-order valence-corrected chi connectivity index (χ4v) is 2.99. The molecule has 1 aromatic heterocycles. The van der Waals surface area contributed by atoms with Gasteiger partial charge in [-0.15, -0.1) is 0 Å². The van der Waals surface area contributed by atoms with Crippen LogP contribution in [0.4, 0.5) is 10.2 Å². The molecule has 0 saturated carbocycles. The molecule has 1 fully saturated rings. The number of aromatic nitrogens is 1. The predicted octanol–water partition coefficient (Wildman–Crippen LogP) is 2.43. The molecular formula is C19H21FN4O2. The smallest absolute Gasteiger partial charge is 0.267 e. The van der Waals surface area contributed by atoms with Crippen molar-refractivity contribution in [1.29, 1.82) is 0 Å². The van der Waals surface area contributed by atoms with Crippen molar-refractivity contribution in [2.75, 3.05) is 18.4 Å². The van der Waals surface area contributed by atoms with Crippen LogP contribution in [0.5, 0.6) is 0 Å². The van der Waals surface area contributed by atoms with Crippen LogP contribution in [-0.2, 0) is 11.3 Å². The van der Waals surface area contributed by atoms with Crippen molar-refractivity contribution in [3.05, 3.63) is 65.6 Å². The number of nitrogens with zero attached hydrogens (tertiary/aromatic N) is 2. The van der Waals surface area contributed by atoms with Gasteiger partial charge in [0.25, 0.3) is 5.91 Å². The number of carbonyl (C=O) groups excluding carboxylic acids is 1. The van der Waals surface area contributed by atoms with Crippen LogP contribution in [0.3, 0.4) is 0 Å². The second-order valence-electron chi connectivity index (χ2n) is 6.26. The third-order valence-electron chi connectivity index (χ3n) is 4.26. The van der Waals surface area contributed by atoms with Gasteiger partial charge in [0.2, 0.25) is 0 Å². The van der Waals surface area contributed by atoms with Gasteiger partial charge in [0.05, 0.1) is 0 Å². The molecule has 1 aliphatic rings. The fraction of sp³-hybridized carbons (Fsp3) is 0.263. The zero-order valence-corrected chi connectivity index (χ0v) is 14.2. The van der Waals surface area contributed by atoms with Crippen LogP contribution in [-0.4, -0.2) is 40.1 Å². The first-order valence-electron chi connectivity index (χ1n) is 8.44. The molecule has 26 heavy (non-hydrogen) atoms. The zero-order chi connectivity index (χ0) is 18.4. The summed E-state index contributed by atoms with van der Waals surface area (Å²) in [4.78, 5) is 17.4. The van der Waals surface area contributed by atoms with Gasteiger partial charge in [0, 0.05) is 37.9 Å². The minimum atomic E-state index is -0.683. The van der Waals surface area contributed by atoms with Crippen molar-refractivity contribution < 1.29 is 14.4 Å². The third kappa shape index (κ3) is 4.87. The topological polar surface area (TPSA) is 77.5 Å². The van der Waals surface area contributed by atoms with Gasteiger partial charge in [-0.3, -0.25) is 14.9 Å². The van der Waals surface area contributed by atoms with Gasteiger partial charge in [-0.2, -0.15) is 0 Å². The number of likely N-dealkylation sites (tertiary alicyclic amines) is 1. The van der Waals surface area contributed by atoms with Crippen molar-refractivity contribution in [3.63, 3.8) is 0 Å². The summed E-state index contributed by atoms with van der Waals surface area (Å²) in [5.74, 6) is -0.949. The normalized spacial score (nSPS) is 17.5. The summed E-state index contributed by atoms with van der Waals surface area (Å²) in [6.07, 6.45) is 4.88. The quantitative estimate of drug-likeness (QED) is 0.421. The lowest BCUT2D eigenvalue weighted by Gasteiger charge is -2.17. The highest BCUT2D eigenvalue weighted by Gasteiger charge is 2.23. The Bertz CT molecular complexity index is 782. The number of amides is 1. The van der Waals surface area contributed by atoms with E-state index in [2.05, 4.69) is 27.3 Å². The summed E-state index contributed by atoms with van der Waals surface area (Å²) in [6, 6.07) is 11.7. The molecule has 0 bridgehead atoms. The number of pyridine rings is 1. The lowest BCUT2D eigenvalue weighted by Crippen LogP contribution is -2.26. The van der Waals surface area contributed by atoms with Crippen LogP contribution in [0, 0.1) is 5.82 Å². The van der Waals surface area contributed by atoms with Crippen molar-refractivity contribution >= 4 is 17.8 Å². The van der Waals surface area contributed by atoms with E-state index in [9.17, 15) is 9.18 Å². The van der Waals surface area contributed by atoms with E-state index in [4.69, 9.17) is 5.21 Å². The SMILES string of the molecule is O=C(/C=C/c1cnc(N[C@@H]2CCN(Cc3ccccc3)C2)c(F)c1)NO. The third-order valence-corrected chi connectivity index (χ3v) is 4.26. The van der Waals surface area contributed by atoms with Crippen LogP contribution in [0.1, 0.15) is 17.5 Å². The molecule has 2 aromatic rings. The number of hydrogen-bond donors (Lipinski definition) is 3. The molecule has 3 N–H and O–H groups in total. The number of halogens is 1. The van der Waals surface area contributed by atoms with Crippen molar-refractivity contribution in [3.8, 4) is 0 Å². The maximum absolute atomic E-state index is 14.2. The Labute approximate surface area is 151 Å². The van der Waals surface area contributed by atoms with Crippen LogP contribution in [0.25, 0.3) is 6.08 Å². The minimum Gasteiger partial charge on any atom is -0.364 e. The molecule has 1 atom stereocenters. The summed E-state index contributed by atoms with van der Waals surface area (Å²) < 4.78 is 14.2. The van der Waals surface area contributed by atoms with Crippen molar-refractivity contribution in [2.24, 2.45) is 0 Å². The summed E-state index contributed by atoms with van der Waals surface area (Å²) in [5.41, 5.74) is 3.18. The predicted molar refractivity (Wildman–Crippen MR) is 96.9 cm³/mol. The number of benzene rings is 1. The molecule has 0 unspecified atom stereocenters. The van der Waals surface area contributed by atoms with Crippen molar-refractivity contribution in [2.45, 2.75) is 19.0 Å². The van der Waals surface area contributed by atoms with Gasteiger partial charge in [-0.05, 0) is 29.7 Å². The van der Waals surface area contributed by atoms with E-state index < -0.39 is 11.7 Å². The van der Waals surface area contributed by atoms with E-state index >= 15 is 0 Å². The van der Waals surface area contributed by atoms with E-state index in [1.165, 1.54) is 29.4 Å². The van der Waals surface area contributed by atoms with E-state index in [0.717, 1.165) is 32.1 Å². The van der Waals surface area contributed by atoms with Crippen LogP contribution in [0.15, 0.2) is 48.7 Å². The highest BCUT2D eigenvalue weighted by molar-refractivity contribution is 5.90. The maximum Gasteiger partial charge on any atom is 0.267 e. The Kier molecular flexibility index (Phi) is 5.93. The summed E-state index contributed by atoms with van der Waals surface area (Å²) in [6.45, 7) is 2.66. The van der Waals surface area contributed by atoms with E-state index in [0.29, 0.717) is 5.56 Å². The summed E-state index contributed by atoms with van der Waals surface area (Å²) in [5, 5.41) is 11.6. The number of rotatable bonds is 6. The molecule has 1 aromatic carbocycles. The molecule has 2 heterocycles. The van der Waals surface area contributed by atoms with Crippen LogP contribution >= 0.6 is 0 Å². The van der Waals surface area contributed by atoms with E-state index in [1.807, 2.05) is 18.2 Å². The first kappa shape index (κ1) is 18.0. The minimum absolute atomic E-state index is 0.141. The molecule has 136 valence electrons. The average Bonchev–Trinajstić information content (AvgIpc) is 3.09. The second kappa shape index (κ2) is 8.55. The maximum atomic E-state index is 14.2. The number of anilines is 1. The Morgan fingerprint density at radius 2 is 2.19 bits per heavy atom. The molecule has 7 heteroatoms. The molecule has 1 saturated heterocycles. The van der Waals surface area contributed by atoms with Gasteiger partial charge in [-0.1, -0.05) is 30.3 Å². The second-order valence-corrected chi connectivity index (χ2v) is 6.26. The molecule has 0 radical (unpaired) electrons. The Morgan fingerprint density at radius 1 is 1.38 bits per heavy atom. The molecule has 1 amide bonds. The Balaban J connectivity index is 1.56. The van der Waals surface area contributed by atoms with Gasteiger partial charge in [0.1, 0.15) is 0 Å².